The van der Waals surface area contributed by atoms with E-state index in [2.05, 4.69) is 25.3 Å². The molecule has 0 bridgehead atoms. The van der Waals surface area contributed by atoms with Gasteiger partial charge in [-0.05, 0) is 17.4 Å². The van der Waals surface area contributed by atoms with Crippen LogP contribution in [0.2, 0.25) is 0 Å². The third-order valence-corrected chi connectivity index (χ3v) is 2.85. The Hall–Kier alpha value is -0.380. The Morgan fingerprint density at radius 1 is 1.54 bits per heavy atom. The maximum Gasteiger partial charge on any atom is 0.0813 e. The Kier molecular flexibility index (Phi) is 4.42. The van der Waals surface area contributed by atoms with Crippen molar-refractivity contribution in [3.05, 3.63) is 22.4 Å². The number of hydrogen-bond donors (Lipinski definition) is 1. The van der Waals surface area contributed by atoms with E-state index >= 15 is 0 Å². The molecule has 1 unspecified atom stereocenters. The van der Waals surface area contributed by atoms with Crippen LogP contribution in [0.3, 0.4) is 0 Å². The van der Waals surface area contributed by atoms with Crippen molar-refractivity contribution >= 4 is 11.3 Å². The van der Waals surface area contributed by atoms with Gasteiger partial charge in [-0.3, -0.25) is 0 Å². The lowest BCUT2D eigenvalue weighted by Crippen LogP contribution is -2.28. The highest BCUT2D eigenvalue weighted by atomic mass is 32.1. The first kappa shape index (κ1) is 10.7. The quantitative estimate of drug-likeness (QED) is 0.789. The first-order valence-corrected chi connectivity index (χ1v) is 5.46. The average Bonchev–Trinajstić information content (AvgIpc) is 2.57. The standard InChI is InChI=1S/C10H17NOS/c1-8(2)10(6-11)12-7-9-4-3-5-13-9/h3-5,8,10H,6-7,11H2,1-2H3. The third-order valence-electron chi connectivity index (χ3n) is 2.00. The first-order chi connectivity index (χ1) is 6.24. The maximum atomic E-state index is 5.68. The third kappa shape index (κ3) is 3.46. The lowest BCUT2D eigenvalue weighted by molar-refractivity contribution is 0.0182. The highest BCUT2D eigenvalue weighted by molar-refractivity contribution is 7.09. The maximum absolute atomic E-state index is 5.68. The summed E-state index contributed by atoms with van der Waals surface area (Å²) in [5, 5.41) is 2.06. The molecule has 0 saturated carbocycles. The van der Waals surface area contributed by atoms with Gasteiger partial charge in [0.2, 0.25) is 0 Å². The fraction of sp³-hybridized carbons (Fsp3) is 0.600. The average molecular weight is 199 g/mol. The molecule has 2 N–H and O–H groups in total. The molecule has 1 rings (SSSR count). The molecule has 1 atom stereocenters. The minimum atomic E-state index is 0.182. The Morgan fingerprint density at radius 2 is 2.31 bits per heavy atom. The summed E-state index contributed by atoms with van der Waals surface area (Å²) in [6.45, 7) is 5.55. The van der Waals surface area contributed by atoms with Gasteiger partial charge in [0.05, 0.1) is 12.7 Å². The molecule has 0 fully saturated rings. The fourth-order valence-corrected chi connectivity index (χ4v) is 1.74. The van der Waals surface area contributed by atoms with Gasteiger partial charge in [-0.2, -0.15) is 0 Å². The van der Waals surface area contributed by atoms with E-state index in [4.69, 9.17) is 10.5 Å². The number of nitrogens with two attached hydrogens (primary N) is 1. The number of ether oxygens (including phenoxy) is 1. The van der Waals surface area contributed by atoms with E-state index in [-0.39, 0.29) is 6.10 Å². The molecule has 1 aromatic rings. The van der Waals surface area contributed by atoms with Gasteiger partial charge in [-0.1, -0.05) is 19.9 Å². The van der Waals surface area contributed by atoms with Crippen LogP contribution in [0.4, 0.5) is 0 Å². The van der Waals surface area contributed by atoms with Crippen LogP contribution in [0, 0.1) is 5.92 Å². The summed E-state index contributed by atoms with van der Waals surface area (Å²) in [4.78, 5) is 1.26. The number of rotatable bonds is 5. The minimum Gasteiger partial charge on any atom is -0.371 e. The van der Waals surface area contributed by atoms with Gasteiger partial charge in [0.1, 0.15) is 0 Å². The summed E-state index contributed by atoms with van der Waals surface area (Å²) >= 11 is 1.72. The molecule has 0 aliphatic carbocycles. The lowest BCUT2D eigenvalue weighted by atomic mass is 10.1. The second kappa shape index (κ2) is 5.37. The molecule has 0 aliphatic rings. The summed E-state index contributed by atoms with van der Waals surface area (Å²) in [7, 11) is 0. The normalized spacial score (nSPS) is 13.5. The highest BCUT2D eigenvalue weighted by Crippen LogP contribution is 2.13. The minimum absolute atomic E-state index is 0.182. The van der Waals surface area contributed by atoms with E-state index in [1.807, 2.05) is 6.07 Å². The van der Waals surface area contributed by atoms with E-state index in [0.717, 1.165) is 0 Å². The fourth-order valence-electron chi connectivity index (χ4n) is 1.12. The van der Waals surface area contributed by atoms with E-state index in [1.165, 1.54) is 4.88 Å². The zero-order valence-electron chi connectivity index (χ0n) is 8.19. The predicted octanol–water partition coefficient (Wildman–Crippen LogP) is 2.25. The Morgan fingerprint density at radius 3 is 2.77 bits per heavy atom. The van der Waals surface area contributed by atoms with E-state index in [9.17, 15) is 0 Å². The second-order valence-electron chi connectivity index (χ2n) is 3.41. The molecule has 74 valence electrons. The van der Waals surface area contributed by atoms with Crippen molar-refractivity contribution in [2.24, 2.45) is 11.7 Å². The zero-order chi connectivity index (χ0) is 9.68. The Bertz CT molecular complexity index is 221. The summed E-state index contributed by atoms with van der Waals surface area (Å²) in [5.74, 6) is 0.491. The van der Waals surface area contributed by atoms with Crippen LogP contribution < -0.4 is 5.73 Å². The predicted molar refractivity (Wildman–Crippen MR) is 56.8 cm³/mol. The molecule has 1 heterocycles. The smallest absolute Gasteiger partial charge is 0.0813 e. The molecule has 13 heavy (non-hydrogen) atoms. The molecule has 3 heteroatoms. The van der Waals surface area contributed by atoms with Crippen LogP contribution in [0.15, 0.2) is 17.5 Å². The molecule has 1 aromatic heterocycles. The second-order valence-corrected chi connectivity index (χ2v) is 4.44. The van der Waals surface area contributed by atoms with Crippen LogP contribution in [0.1, 0.15) is 18.7 Å². The first-order valence-electron chi connectivity index (χ1n) is 4.58. The zero-order valence-corrected chi connectivity index (χ0v) is 9.01. The molecule has 0 aromatic carbocycles. The van der Waals surface area contributed by atoms with E-state index < -0.39 is 0 Å². The largest absolute Gasteiger partial charge is 0.371 e. The van der Waals surface area contributed by atoms with Crippen LogP contribution in [0.25, 0.3) is 0 Å². The molecule has 0 radical (unpaired) electrons. The Labute approximate surface area is 83.7 Å². The SMILES string of the molecule is CC(C)C(CN)OCc1cccs1. The Balaban J connectivity index is 2.32. The topological polar surface area (TPSA) is 35.2 Å². The molecule has 2 nitrogen and oxygen atoms in total. The van der Waals surface area contributed by atoms with Crippen molar-refractivity contribution in [1.29, 1.82) is 0 Å². The highest BCUT2D eigenvalue weighted by Gasteiger charge is 2.11. The van der Waals surface area contributed by atoms with Crippen molar-refractivity contribution in [1.82, 2.24) is 0 Å². The summed E-state index contributed by atoms with van der Waals surface area (Å²) < 4.78 is 5.68. The monoisotopic (exact) mass is 199 g/mol. The summed E-state index contributed by atoms with van der Waals surface area (Å²) in [5.41, 5.74) is 5.59. The number of thiophene rings is 1. The van der Waals surface area contributed by atoms with E-state index in [0.29, 0.717) is 19.1 Å². The molecule has 0 saturated heterocycles. The van der Waals surface area contributed by atoms with Gasteiger partial charge in [-0.15, -0.1) is 11.3 Å². The van der Waals surface area contributed by atoms with Gasteiger partial charge in [-0.25, -0.2) is 0 Å². The van der Waals surface area contributed by atoms with Gasteiger partial charge >= 0.3 is 0 Å². The van der Waals surface area contributed by atoms with Crippen molar-refractivity contribution in [3.63, 3.8) is 0 Å². The van der Waals surface area contributed by atoms with Crippen molar-refractivity contribution in [2.45, 2.75) is 26.6 Å². The molecule has 0 spiro atoms. The van der Waals surface area contributed by atoms with Crippen LogP contribution >= 0.6 is 11.3 Å². The van der Waals surface area contributed by atoms with Crippen molar-refractivity contribution in [3.8, 4) is 0 Å². The summed E-state index contributed by atoms with van der Waals surface area (Å²) in [6, 6.07) is 4.12. The number of hydrogen-bond acceptors (Lipinski definition) is 3. The lowest BCUT2D eigenvalue weighted by Gasteiger charge is -2.18. The van der Waals surface area contributed by atoms with Gasteiger partial charge < -0.3 is 10.5 Å². The van der Waals surface area contributed by atoms with Gasteiger partial charge in [0.15, 0.2) is 0 Å². The molecule has 0 aliphatic heterocycles. The van der Waals surface area contributed by atoms with Crippen LogP contribution in [0.5, 0.6) is 0 Å². The van der Waals surface area contributed by atoms with Crippen molar-refractivity contribution < 1.29 is 4.74 Å². The summed E-state index contributed by atoms with van der Waals surface area (Å²) in [6.07, 6.45) is 0.182. The van der Waals surface area contributed by atoms with Gasteiger partial charge in [0.25, 0.3) is 0 Å². The van der Waals surface area contributed by atoms with E-state index in [1.54, 1.807) is 11.3 Å². The molecular weight excluding hydrogens is 182 g/mol. The van der Waals surface area contributed by atoms with Crippen LogP contribution in [-0.2, 0) is 11.3 Å². The van der Waals surface area contributed by atoms with Crippen molar-refractivity contribution in [2.75, 3.05) is 6.54 Å². The molecule has 0 amide bonds. The van der Waals surface area contributed by atoms with Crippen LogP contribution in [-0.4, -0.2) is 12.6 Å². The van der Waals surface area contributed by atoms with Gasteiger partial charge in [0, 0.05) is 11.4 Å². The molecular formula is C10H17NOS.